The molecule has 0 bridgehead atoms. The molecule has 0 aliphatic rings. The predicted octanol–water partition coefficient (Wildman–Crippen LogP) is 6.78. The molecule has 0 aromatic carbocycles. The molecule has 0 spiro atoms. The fourth-order valence-electron chi connectivity index (χ4n) is 2.74. The van der Waals surface area contributed by atoms with E-state index in [4.69, 9.17) is 24.4 Å². The molecule has 3 nitrogen and oxygen atoms in total. The number of hydrogen-bond acceptors (Lipinski definition) is 6. The Bertz CT molecular complexity index is 551. The number of esters is 1. The number of thioether (sulfide) groups is 2. The maximum atomic E-state index is 14.7. The lowest BCUT2D eigenvalue weighted by Crippen LogP contribution is -2.53. The monoisotopic (exact) mass is 481 g/mol. The van der Waals surface area contributed by atoms with Gasteiger partial charge < -0.3 is 10.5 Å². The highest BCUT2D eigenvalue weighted by molar-refractivity contribution is 8.47. The Morgan fingerprint density at radius 2 is 1.60 bits per heavy atom. The maximum Gasteiger partial charge on any atom is 0.318 e. The number of thiocarbonyl (C=S) groups is 1. The van der Waals surface area contributed by atoms with Crippen LogP contribution in [0.5, 0.6) is 0 Å². The van der Waals surface area contributed by atoms with Gasteiger partial charge in [-0.2, -0.15) is 0 Å². The third kappa shape index (κ3) is 11.3. The molecule has 0 aromatic rings. The molecule has 0 saturated carbocycles. The molecule has 1 unspecified atom stereocenters. The van der Waals surface area contributed by atoms with Gasteiger partial charge in [-0.25, -0.2) is 8.78 Å². The molecule has 0 heterocycles. The molecule has 174 valence electrons. The van der Waals surface area contributed by atoms with Crippen LogP contribution in [0, 0.1) is 17.8 Å². The first kappa shape index (κ1) is 29.6. The number of rotatable bonds is 16. The summed E-state index contributed by atoms with van der Waals surface area (Å²) in [6.45, 7) is 4.08. The van der Waals surface area contributed by atoms with Crippen LogP contribution in [0.25, 0.3) is 0 Å². The second-order valence-electron chi connectivity index (χ2n) is 7.85. The average Bonchev–Trinajstić information content (AvgIpc) is 2.69. The second-order valence-corrected chi connectivity index (χ2v) is 11.3. The van der Waals surface area contributed by atoms with Crippen molar-refractivity contribution in [2.75, 3.05) is 12.4 Å². The number of ether oxygens (including phenoxy) is 1. The first-order chi connectivity index (χ1) is 14.1. The number of terminal acetylenes is 1. The van der Waals surface area contributed by atoms with Crippen molar-refractivity contribution < 1.29 is 18.3 Å². The lowest BCUT2D eigenvalue weighted by atomic mass is 9.85. The van der Waals surface area contributed by atoms with Crippen molar-refractivity contribution in [3.8, 4) is 12.3 Å². The molecule has 0 fully saturated rings. The summed E-state index contributed by atoms with van der Waals surface area (Å²) in [4.78, 5) is 11.9. The molecule has 0 saturated heterocycles. The average molecular weight is 482 g/mol. The normalized spacial score (nSPS) is 13.0. The van der Waals surface area contributed by atoms with Gasteiger partial charge >= 0.3 is 5.97 Å². The third-order valence-corrected chi connectivity index (χ3v) is 7.68. The second kappa shape index (κ2) is 16.3. The van der Waals surface area contributed by atoms with Crippen molar-refractivity contribution in [3.63, 3.8) is 0 Å². The fourth-order valence-corrected chi connectivity index (χ4v) is 5.30. The van der Waals surface area contributed by atoms with Gasteiger partial charge in [-0.15, -0.1) is 18.2 Å². The molecule has 2 N–H and O–H groups in total. The highest BCUT2D eigenvalue weighted by Crippen LogP contribution is 2.43. The molecule has 0 amide bonds. The van der Waals surface area contributed by atoms with Gasteiger partial charge in [-0.3, -0.25) is 4.79 Å². The number of halogens is 2. The van der Waals surface area contributed by atoms with Crippen LogP contribution in [0.2, 0.25) is 0 Å². The molecule has 0 radical (unpaired) electrons. The van der Waals surface area contributed by atoms with E-state index >= 15 is 0 Å². The van der Waals surface area contributed by atoms with E-state index in [2.05, 4.69) is 17.6 Å². The number of unbranched alkanes of at least 4 members (excludes halogenated alkanes) is 9. The van der Waals surface area contributed by atoms with Gasteiger partial charge in [0, 0.05) is 0 Å². The van der Waals surface area contributed by atoms with Crippen LogP contribution in [-0.4, -0.2) is 33.2 Å². The van der Waals surface area contributed by atoms with E-state index < -0.39 is 22.7 Å². The van der Waals surface area contributed by atoms with Crippen molar-refractivity contribution in [3.05, 3.63) is 0 Å². The van der Waals surface area contributed by atoms with E-state index in [1.54, 1.807) is 0 Å². The summed E-state index contributed by atoms with van der Waals surface area (Å²) in [5.74, 6) is -1.71. The van der Waals surface area contributed by atoms with Crippen LogP contribution < -0.4 is 5.73 Å². The van der Waals surface area contributed by atoms with Crippen molar-refractivity contribution in [1.29, 1.82) is 0 Å². The summed E-state index contributed by atoms with van der Waals surface area (Å²) in [6.07, 6.45) is 17.4. The summed E-state index contributed by atoms with van der Waals surface area (Å²) in [5, 5.41) is -1.64. The summed E-state index contributed by atoms with van der Waals surface area (Å²) in [6, 6.07) is 0. The lowest BCUT2D eigenvalue weighted by molar-refractivity contribution is -0.177. The van der Waals surface area contributed by atoms with Gasteiger partial charge in [0.25, 0.3) is 5.92 Å². The smallest absolute Gasteiger partial charge is 0.318 e. The van der Waals surface area contributed by atoms with E-state index in [0.29, 0.717) is 3.53 Å². The molecular weight excluding hydrogens is 444 g/mol. The Morgan fingerprint density at radius 1 is 1.10 bits per heavy atom. The molecule has 8 heteroatoms. The topological polar surface area (TPSA) is 52.3 Å². The minimum absolute atomic E-state index is 0.353. The first-order valence-electron chi connectivity index (χ1n) is 10.7. The zero-order valence-corrected chi connectivity index (χ0v) is 21.0. The number of nitrogens with two attached hydrogens (primary N) is 1. The van der Waals surface area contributed by atoms with E-state index in [-0.39, 0.29) is 6.61 Å². The highest BCUT2D eigenvalue weighted by atomic mass is 32.2. The van der Waals surface area contributed by atoms with Gasteiger partial charge in [0.2, 0.25) is 0 Å². The van der Waals surface area contributed by atoms with E-state index in [9.17, 15) is 13.6 Å². The van der Waals surface area contributed by atoms with Crippen LogP contribution in [0.3, 0.4) is 0 Å². The zero-order valence-electron chi connectivity index (χ0n) is 18.5. The van der Waals surface area contributed by atoms with Crippen LogP contribution in [0.1, 0.15) is 85.0 Å². The predicted molar refractivity (Wildman–Crippen MR) is 131 cm³/mol. The molecular formula is C22H37F2NO2S3. The SMILES string of the molecule is C#CCOC(=O)C(C)(C)C(F)(F)C(N)SC(=S)SCCCCCCCCCCCC. The molecule has 0 aliphatic carbocycles. The number of carbonyl (C=O) groups excluding carboxylic acids is 1. The molecule has 30 heavy (non-hydrogen) atoms. The lowest BCUT2D eigenvalue weighted by Gasteiger charge is -2.35. The van der Waals surface area contributed by atoms with Gasteiger partial charge in [-0.1, -0.05) is 94.6 Å². The Hall–Kier alpha value is -0.360. The minimum Gasteiger partial charge on any atom is -0.452 e. The van der Waals surface area contributed by atoms with E-state index in [1.165, 1.54) is 63.1 Å². The van der Waals surface area contributed by atoms with Gasteiger partial charge in [-0.05, 0) is 26.0 Å². The molecule has 0 rings (SSSR count). The quantitative estimate of drug-likeness (QED) is 0.0862. The summed E-state index contributed by atoms with van der Waals surface area (Å²) < 4.78 is 34.5. The summed E-state index contributed by atoms with van der Waals surface area (Å²) >= 11 is 7.30. The minimum atomic E-state index is -3.51. The van der Waals surface area contributed by atoms with Crippen LogP contribution >= 0.6 is 35.7 Å². The summed E-state index contributed by atoms with van der Waals surface area (Å²) in [7, 11) is 0. The van der Waals surface area contributed by atoms with E-state index in [1.807, 2.05) is 0 Å². The van der Waals surface area contributed by atoms with Crippen LogP contribution in [0.15, 0.2) is 0 Å². The number of hydrogen-bond donors (Lipinski definition) is 1. The zero-order chi connectivity index (χ0) is 23.0. The highest BCUT2D eigenvalue weighted by Gasteiger charge is 2.57. The Balaban J connectivity index is 4.09. The summed E-state index contributed by atoms with van der Waals surface area (Å²) in [5.41, 5.74) is 3.59. The third-order valence-electron chi connectivity index (χ3n) is 4.93. The van der Waals surface area contributed by atoms with Crippen molar-refractivity contribution in [2.45, 2.75) is 96.3 Å². The van der Waals surface area contributed by atoms with Gasteiger partial charge in [0.15, 0.2) is 6.61 Å². The fraction of sp³-hybridized carbons (Fsp3) is 0.818. The largest absolute Gasteiger partial charge is 0.452 e. The Kier molecular flexibility index (Phi) is 16.1. The number of carbonyl (C=O) groups is 1. The van der Waals surface area contributed by atoms with Crippen LogP contribution in [-0.2, 0) is 9.53 Å². The van der Waals surface area contributed by atoms with Crippen molar-refractivity contribution in [2.24, 2.45) is 11.1 Å². The Morgan fingerprint density at radius 3 is 2.10 bits per heavy atom. The Labute approximate surface area is 195 Å². The van der Waals surface area contributed by atoms with E-state index in [0.717, 1.165) is 44.2 Å². The first-order valence-corrected chi connectivity index (χ1v) is 13.0. The van der Waals surface area contributed by atoms with Crippen molar-refractivity contribution >= 4 is 45.2 Å². The number of alkyl halides is 2. The molecule has 0 aliphatic heterocycles. The molecule has 1 atom stereocenters. The maximum absolute atomic E-state index is 14.7. The van der Waals surface area contributed by atoms with Crippen LogP contribution in [0.4, 0.5) is 8.78 Å². The van der Waals surface area contributed by atoms with Gasteiger partial charge in [0.1, 0.15) is 14.3 Å². The standard InChI is InChI=1S/C22H37F2NO2S3/c1-5-7-8-9-10-11-12-13-14-15-17-29-20(28)30-18(25)22(23,24)21(3,4)19(26)27-16-6-2/h2,18H,5,7-17,25H2,1,3-4H3. The van der Waals surface area contributed by atoms with Gasteiger partial charge in [0.05, 0.1) is 0 Å². The molecule has 0 aromatic heterocycles. The van der Waals surface area contributed by atoms with Crippen molar-refractivity contribution in [1.82, 2.24) is 0 Å².